The summed E-state index contributed by atoms with van der Waals surface area (Å²) < 4.78 is 1.38. The van der Waals surface area contributed by atoms with Crippen LogP contribution in [0.2, 0.25) is 0 Å². The van der Waals surface area contributed by atoms with Gasteiger partial charge in [-0.1, -0.05) is 26.0 Å². The molecule has 1 aromatic carbocycles. The van der Waals surface area contributed by atoms with Crippen molar-refractivity contribution in [1.82, 2.24) is 19.5 Å². The fourth-order valence-electron chi connectivity index (χ4n) is 3.99. The van der Waals surface area contributed by atoms with E-state index in [1.807, 2.05) is 31.2 Å². The molecule has 1 aliphatic heterocycles. The van der Waals surface area contributed by atoms with Gasteiger partial charge >= 0.3 is 0 Å². The summed E-state index contributed by atoms with van der Waals surface area (Å²) in [6, 6.07) is 7.05. The van der Waals surface area contributed by atoms with E-state index < -0.39 is 6.04 Å². The van der Waals surface area contributed by atoms with Crippen LogP contribution < -0.4 is 15.8 Å². The number of rotatable bonds is 6. The Morgan fingerprint density at radius 2 is 1.97 bits per heavy atom. The van der Waals surface area contributed by atoms with E-state index in [1.54, 1.807) is 0 Å². The number of carbonyl (C=O) groups is 1. The summed E-state index contributed by atoms with van der Waals surface area (Å²) in [7, 11) is 0. The first-order valence-electron chi connectivity index (χ1n) is 11.0. The van der Waals surface area contributed by atoms with Crippen LogP contribution in [0.25, 0.3) is 11.0 Å². The first-order chi connectivity index (χ1) is 15.1. The van der Waals surface area contributed by atoms with E-state index in [9.17, 15) is 9.59 Å². The lowest BCUT2D eigenvalue weighted by Crippen LogP contribution is -2.34. The monoisotopic (exact) mass is 420 g/mol. The van der Waals surface area contributed by atoms with Crippen LogP contribution in [0, 0.1) is 0 Å². The minimum absolute atomic E-state index is 0.246. The molecule has 2 aromatic heterocycles. The van der Waals surface area contributed by atoms with Gasteiger partial charge in [-0.3, -0.25) is 14.2 Å². The number of hydrogen-bond donors (Lipinski definition) is 1. The van der Waals surface area contributed by atoms with Crippen molar-refractivity contribution >= 4 is 28.6 Å². The number of benzene rings is 1. The maximum atomic E-state index is 13.1. The Hall–Kier alpha value is -3.29. The molecule has 0 spiro atoms. The van der Waals surface area contributed by atoms with Crippen LogP contribution in [0.1, 0.15) is 51.1 Å². The second-order valence-electron chi connectivity index (χ2n) is 7.88. The van der Waals surface area contributed by atoms with E-state index in [-0.39, 0.29) is 11.5 Å². The average molecular weight is 421 g/mol. The highest BCUT2D eigenvalue weighted by molar-refractivity contribution is 5.94. The predicted molar refractivity (Wildman–Crippen MR) is 121 cm³/mol. The summed E-state index contributed by atoms with van der Waals surface area (Å²) >= 11 is 0. The van der Waals surface area contributed by atoms with E-state index in [0.29, 0.717) is 23.4 Å². The van der Waals surface area contributed by atoms with Crippen LogP contribution in [0.5, 0.6) is 0 Å². The topological polar surface area (TPSA) is 93.0 Å². The van der Waals surface area contributed by atoms with E-state index in [4.69, 9.17) is 0 Å². The van der Waals surface area contributed by atoms with E-state index in [2.05, 4.69) is 32.1 Å². The number of anilines is 2. The first kappa shape index (κ1) is 21.0. The molecular formula is C23H28N6O2. The van der Waals surface area contributed by atoms with Gasteiger partial charge in [0.2, 0.25) is 11.9 Å². The minimum Gasteiger partial charge on any atom is -0.341 e. The highest BCUT2D eigenvalue weighted by Gasteiger charge is 2.22. The Kier molecular flexibility index (Phi) is 6.25. The quantitative estimate of drug-likeness (QED) is 0.658. The van der Waals surface area contributed by atoms with E-state index in [1.165, 1.54) is 23.5 Å². The number of nitrogens with one attached hydrogen (secondary N) is 1. The molecule has 3 heterocycles. The van der Waals surface area contributed by atoms with Gasteiger partial charge in [-0.2, -0.15) is 4.98 Å². The molecule has 1 atom stereocenters. The Morgan fingerprint density at radius 1 is 1.16 bits per heavy atom. The minimum atomic E-state index is -0.670. The second kappa shape index (κ2) is 9.24. The van der Waals surface area contributed by atoms with Gasteiger partial charge in [0.05, 0.1) is 0 Å². The van der Waals surface area contributed by atoms with E-state index in [0.717, 1.165) is 43.6 Å². The van der Waals surface area contributed by atoms with Gasteiger partial charge < -0.3 is 10.2 Å². The third-order valence-electron chi connectivity index (χ3n) is 5.79. The number of hydrogen-bond acceptors (Lipinski definition) is 6. The summed E-state index contributed by atoms with van der Waals surface area (Å²) in [4.78, 5) is 41.5. The van der Waals surface area contributed by atoms with Crippen LogP contribution >= 0.6 is 0 Å². The zero-order valence-electron chi connectivity index (χ0n) is 18.0. The number of aromatic nitrogens is 4. The molecule has 8 heteroatoms. The molecule has 1 saturated heterocycles. The number of piperidine rings is 1. The maximum Gasteiger partial charge on any atom is 0.265 e. The largest absolute Gasteiger partial charge is 0.341 e. The molecule has 1 fully saturated rings. The molecule has 3 aromatic rings. The van der Waals surface area contributed by atoms with Gasteiger partial charge in [-0.15, -0.1) is 0 Å². The summed E-state index contributed by atoms with van der Waals surface area (Å²) in [6.45, 7) is 5.77. The molecule has 31 heavy (non-hydrogen) atoms. The van der Waals surface area contributed by atoms with Gasteiger partial charge in [0.1, 0.15) is 17.8 Å². The lowest BCUT2D eigenvalue weighted by Gasteiger charge is -2.26. The lowest BCUT2D eigenvalue weighted by atomic mass is 10.1. The fourth-order valence-corrected chi connectivity index (χ4v) is 3.99. The smallest absolute Gasteiger partial charge is 0.265 e. The van der Waals surface area contributed by atoms with Crippen LogP contribution in [0.4, 0.5) is 11.6 Å². The van der Waals surface area contributed by atoms with Gasteiger partial charge in [0.15, 0.2) is 5.65 Å². The molecule has 0 radical (unpaired) electrons. The molecule has 4 rings (SSSR count). The Labute approximate surface area is 181 Å². The molecule has 1 N–H and O–H groups in total. The average Bonchev–Trinajstić information content (AvgIpc) is 2.81. The van der Waals surface area contributed by atoms with Crippen molar-refractivity contribution in [3.05, 3.63) is 52.7 Å². The molecule has 0 bridgehead atoms. The third-order valence-corrected chi connectivity index (χ3v) is 5.79. The fraction of sp³-hybridized carbons (Fsp3) is 0.435. The van der Waals surface area contributed by atoms with Crippen molar-refractivity contribution in [3.63, 3.8) is 0 Å². The number of carbonyl (C=O) groups excluding carboxylic acids is 1. The number of aryl methyl sites for hydroxylation is 1. The van der Waals surface area contributed by atoms with Gasteiger partial charge in [-0.25, -0.2) is 9.97 Å². The Morgan fingerprint density at radius 3 is 2.71 bits per heavy atom. The summed E-state index contributed by atoms with van der Waals surface area (Å²) in [5, 5.41) is 3.25. The van der Waals surface area contributed by atoms with Crippen molar-refractivity contribution in [2.24, 2.45) is 0 Å². The van der Waals surface area contributed by atoms with Crippen LogP contribution in [0.3, 0.4) is 0 Å². The number of fused-ring (bicyclic) bond motifs is 1. The van der Waals surface area contributed by atoms with Crippen LogP contribution in [-0.2, 0) is 11.2 Å². The zero-order valence-corrected chi connectivity index (χ0v) is 18.0. The predicted octanol–water partition coefficient (Wildman–Crippen LogP) is 3.33. The van der Waals surface area contributed by atoms with Crippen molar-refractivity contribution in [1.29, 1.82) is 0 Å². The molecular weight excluding hydrogens is 392 g/mol. The molecule has 162 valence electrons. The first-order valence-corrected chi connectivity index (χ1v) is 11.0. The summed E-state index contributed by atoms with van der Waals surface area (Å²) in [5.74, 6) is 0.363. The molecule has 0 saturated carbocycles. The van der Waals surface area contributed by atoms with Gasteiger partial charge in [0.25, 0.3) is 5.56 Å². The molecule has 8 nitrogen and oxygen atoms in total. The normalized spacial score (nSPS) is 15.1. The third kappa shape index (κ3) is 4.42. The molecule has 0 unspecified atom stereocenters. The lowest BCUT2D eigenvalue weighted by molar-refractivity contribution is -0.119. The van der Waals surface area contributed by atoms with E-state index >= 15 is 0 Å². The van der Waals surface area contributed by atoms with Crippen LogP contribution in [-0.4, -0.2) is 38.5 Å². The standard InChI is InChI=1S/C23H28N6O2/c1-3-16-9-8-10-17(13-16)26-21(30)19(4-2)29-15-25-20-18(22(29)31)14-24-23(27-20)28-11-6-5-7-12-28/h8-10,13-15,19H,3-7,11-12H2,1-2H3,(H,26,30)/t19-/m1/s1. The zero-order chi connectivity index (χ0) is 21.8. The summed E-state index contributed by atoms with van der Waals surface area (Å²) in [5.41, 5.74) is 1.92. The highest BCUT2D eigenvalue weighted by Crippen LogP contribution is 2.19. The Balaban J connectivity index is 1.61. The van der Waals surface area contributed by atoms with Gasteiger partial charge in [-0.05, 0) is 49.8 Å². The van der Waals surface area contributed by atoms with Crippen molar-refractivity contribution in [2.75, 3.05) is 23.3 Å². The Bertz CT molecular complexity index is 1140. The second-order valence-corrected chi connectivity index (χ2v) is 7.88. The van der Waals surface area contributed by atoms with Crippen molar-refractivity contribution in [3.8, 4) is 0 Å². The van der Waals surface area contributed by atoms with Gasteiger partial charge in [0, 0.05) is 25.0 Å². The SMILES string of the molecule is CCc1cccc(NC(=O)[C@@H](CC)n2cnc3nc(N4CCCCC4)ncc3c2=O)c1. The van der Waals surface area contributed by atoms with Crippen LogP contribution in [0.15, 0.2) is 41.6 Å². The van der Waals surface area contributed by atoms with Crippen molar-refractivity contribution < 1.29 is 4.79 Å². The summed E-state index contributed by atoms with van der Waals surface area (Å²) in [6.07, 6.45) is 7.75. The highest BCUT2D eigenvalue weighted by atomic mass is 16.2. The maximum absolute atomic E-state index is 13.1. The molecule has 1 aliphatic rings. The molecule has 0 aliphatic carbocycles. The number of nitrogens with zero attached hydrogens (tertiary/aromatic N) is 5. The molecule has 1 amide bonds. The number of amides is 1. The van der Waals surface area contributed by atoms with Crippen molar-refractivity contribution in [2.45, 2.75) is 52.0 Å².